The van der Waals surface area contributed by atoms with E-state index >= 15 is 0 Å². The minimum Gasteiger partial charge on any atom is -0.0966 e. The van der Waals surface area contributed by atoms with Gasteiger partial charge in [-0.25, -0.2) is 0 Å². The zero-order chi connectivity index (χ0) is 2.57. The molecular weight excluding hydrogens is 68.1 g/mol. The van der Waals surface area contributed by atoms with Gasteiger partial charge in [-0.05, 0) is 0 Å². The standard InChI is InChI=1S/C3H2S/c1-2-3(1)4-2/h1H2. The van der Waals surface area contributed by atoms with Gasteiger partial charge in [0.15, 0.2) is 0 Å². The number of rotatable bonds is 0. The molecule has 2 aliphatic rings. The first-order valence-electron chi connectivity index (χ1n) is 1.37. The summed E-state index contributed by atoms with van der Waals surface area (Å²) in [5.41, 5.74) is 0. The highest BCUT2D eigenvalue weighted by Gasteiger charge is 2.37. The summed E-state index contributed by atoms with van der Waals surface area (Å²) in [7, 11) is 0. The maximum atomic E-state index is 1.95. The third-order valence-electron chi connectivity index (χ3n) is 0.712. The van der Waals surface area contributed by atoms with E-state index in [0.29, 0.717) is 0 Å². The van der Waals surface area contributed by atoms with Gasteiger partial charge in [0.25, 0.3) is 0 Å². The Hall–Kier alpha value is 0.0900. The van der Waals surface area contributed by atoms with Crippen LogP contribution in [-0.2, 0) is 0 Å². The van der Waals surface area contributed by atoms with Crippen molar-refractivity contribution in [2.24, 2.45) is 0 Å². The molecule has 0 nitrogen and oxygen atoms in total. The lowest BCUT2D eigenvalue weighted by atomic mass is 10.9. The first kappa shape index (κ1) is 1.51. The van der Waals surface area contributed by atoms with Crippen molar-refractivity contribution in [3.63, 3.8) is 0 Å². The maximum absolute atomic E-state index is 1.95. The minimum atomic E-state index is 1.38. The van der Waals surface area contributed by atoms with Crippen molar-refractivity contribution in [3.8, 4) is 0 Å². The molecule has 0 spiro atoms. The molecule has 0 radical (unpaired) electrons. The Bertz CT molecular complexity index is 71.5. The van der Waals surface area contributed by atoms with E-state index in [1.165, 1.54) is 6.42 Å². The van der Waals surface area contributed by atoms with Gasteiger partial charge in [-0.3, -0.25) is 0 Å². The van der Waals surface area contributed by atoms with E-state index in [9.17, 15) is 0 Å². The number of thioether (sulfide) groups is 1. The van der Waals surface area contributed by atoms with E-state index in [2.05, 4.69) is 0 Å². The smallest absolute Gasteiger partial charge is 0.0118 e. The zero-order valence-corrected chi connectivity index (χ0v) is 2.93. The molecule has 0 aromatic rings. The largest absolute Gasteiger partial charge is 0.0966 e. The molecule has 0 bridgehead atoms. The van der Waals surface area contributed by atoms with Gasteiger partial charge in [0.05, 0.1) is 0 Å². The summed E-state index contributed by atoms with van der Waals surface area (Å²) in [4.78, 5) is 3.33. The molecule has 2 rings (SSSR count). The fraction of sp³-hybridized carbons (Fsp3) is 0.333. The molecule has 0 aromatic heterocycles. The SMILES string of the molecule is C1C2=C1S2. The van der Waals surface area contributed by atoms with Crippen molar-refractivity contribution in [2.75, 3.05) is 0 Å². The summed E-state index contributed by atoms with van der Waals surface area (Å²) in [5, 5.41) is 0. The Morgan fingerprint density at radius 1 is 1.50 bits per heavy atom. The van der Waals surface area contributed by atoms with Crippen LogP contribution in [0, 0.1) is 0 Å². The third-order valence-corrected chi connectivity index (χ3v) is 1.78. The number of hydrogen-bond donors (Lipinski definition) is 0. The van der Waals surface area contributed by atoms with Crippen molar-refractivity contribution >= 4 is 11.8 Å². The van der Waals surface area contributed by atoms with Crippen LogP contribution in [0.5, 0.6) is 0 Å². The fourth-order valence-corrected chi connectivity index (χ4v) is 0.650. The average molecular weight is 70.1 g/mol. The van der Waals surface area contributed by atoms with Crippen molar-refractivity contribution in [2.45, 2.75) is 6.42 Å². The van der Waals surface area contributed by atoms with E-state index < -0.39 is 0 Å². The molecule has 0 N–H and O–H groups in total. The van der Waals surface area contributed by atoms with E-state index in [1.54, 1.807) is 9.81 Å². The monoisotopic (exact) mass is 70.0 g/mol. The molecule has 0 fully saturated rings. The molecular formula is C3H2S. The molecule has 0 saturated carbocycles. The lowest BCUT2D eigenvalue weighted by Gasteiger charge is -1.70. The van der Waals surface area contributed by atoms with Crippen LogP contribution in [-0.4, -0.2) is 0 Å². The Morgan fingerprint density at radius 3 is 1.75 bits per heavy atom. The van der Waals surface area contributed by atoms with Crippen LogP contribution in [0.15, 0.2) is 9.81 Å². The first-order chi connectivity index (χ1) is 1.97. The lowest BCUT2D eigenvalue weighted by Crippen LogP contribution is -1.40. The second-order valence-corrected chi connectivity index (χ2v) is 2.31. The van der Waals surface area contributed by atoms with Crippen LogP contribution in [0.1, 0.15) is 6.42 Å². The Kier molecular flexibility index (Phi) is 0.0777. The Balaban J connectivity index is 2.77. The van der Waals surface area contributed by atoms with Gasteiger partial charge >= 0.3 is 0 Å². The van der Waals surface area contributed by atoms with Crippen molar-refractivity contribution in [3.05, 3.63) is 9.81 Å². The molecule has 0 amide bonds. The average Bonchev–Trinajstić information content (AvgIpc) is 1.36. The number of allylic oxidation sites excluding steroid dienone is 2. The van der Waals surface area contributed by atoms with E-state index in [-0.39, 0.29) is 0 Å². The van der Waals surface area contributed by atoms with Gasteiger partial charge in [0.1, 0.15) is 0 Å². The highest BCUT2D eigenvalue weighted by molar-refractivity contribution is 8.15. The van der Waals surface area contributed by atoms with Crippen LogP contribution in [0.4, 0.5) is 0 Å². The van der Waals surface area contributed by atoms with Gasteiger partial charge in [0.2, 0.25) is 0 Å². The highest BCUT2D eigenvalue weighted by atomic mass is 32.2. The Morgan fingerprint density at radius 2 is 1.75 bits per heavy atom. The molecule has 0 aromatic carbocycles. The molecule has 0 saturated heterocycles. The maximum Gasteiger partial charge on any atom is 0.0118 e. The van der Waals surface area contributed by atoms with Gasteiger partial charge in [0, 0.05) is 16.2 Å². The normalized spacial score (nSPS) is 30.0. The summed E-state index contributed by atoms with van der Waals surface area (Å²) in [5.74, 6) is 0. The Labute approximate surface area is 28.9 Å². The summed E-state index contributed by atoms with van der Waals surface area (Å²) in [6.45, 7) is 0. The molecule has 1 heterocycles. The first-order valence-corrected chi connectivity index (χ1v) is 2.18. The van der Waals surface area contributed by atoms with Crippen LogP contribution in [0.2, 0.25) is 0 Å². The summed E-state index contributed by atoms with van der Waals surface area (Å²) >= 11 is 1.95. The second kappa shape index (κ2) is 0.206. The van der Waals surface area contributed by atoms with Crippen LogP contribution >= 0.6 is 11.8 Å². The molecule has 1 aliphatic heterocycles. The molecule has 4 heavy (non-hydrogen) atoms. The van der Waals surface area contributed by atoms with Gasteiger partial charge in [-0.15, -0.1) is 0 Å². The molecule has 1 aliphatic carbocycles. The number of hydrogen-bond acceptors (Lipinski definition) is 1. The second-order valence-electron chi connectivity index (χ2n) is 1.13. The predicted molar refractivity (Wildman–Crippen MR) is 19.2 cm³/mol. The van der Waals surface area contributed by atoms with Crippen LogP contribution < -0.4 is 0 Å². The lowest BCUT2D eigenvalue weighted by molar-refractivity contribution is 1.62. The molecule has 0 atom stereocenters. The third kappa shape index (κ3) is 0.0379. The van der Waals surface area contributed by atoms with Crippen molar-refractivity contribution in [1.29, 1.82) is 0 Å². The molecule has 0 unspecified atom stereocenters. The predicted octanol–water partition coefficient (Wildman–Crippen LogP) is 1.35. The molecule has 20 valence electrons. The minimum absolute atomic E-state index is 1.38. The van der Waals surface area contributed by atoms with Gasteiger partial charge in [-0.2, -0.15) is 0 Å². The summed E-state index contributed by atoms with van der Waals surface area (Å²) < 4.78 is 0. The van der Waals surface area contributed by atoms with E-state index in [1.807, 2.05) is 11.8 Å². The van der Waals surface area contributed by atoms with Crippen molar-refractivity contribution in [1.82, 2.24) is 0 Å². The topological polar surface area (TPSA) is 0 Å². The quantitative estimate of drug-likeness (QED) is 0.414. The molecule has 1 heteroatoms. The summed E-state index contributed by atoms with van der Waals surface area (Å²) in [6, 6.07) is 0. The van der Waals surface area contributed by atoms with Gasteiger partial charge in [-0.1, -0.05) is 11.8 Å². The van der Waals surface area contributed by atoms with Crippen LogP contribution in [0.3, 0.4) is 0 Å². The van der Waals surface area contributed by atoms with E-state index in [4.69, 9.17) is 0 Å². The van der Waals surface area contributed by atoms with Crippen LogP contribution in [0.25, 0.3) is 0 Å². The fourth-order valence-electron chi connectivity index (χ4n) is 0.217. The summed E-state index contributed by atoms with van der Waals surface area (Å²) in [6.07, 6.45) is 1.38. The van der Waals surface area contributed by atoms with Gasteiger partial charge < -0.3 is 0 Å². The zero-order valence-electron chi connectivity index (χ0n) is 2.12. The van der Waals surface area contributed by atoms with E-state index in [0.717, 1.165) is 0 Å². The van der Waals surface area contributed by atoms with Crippen molar-refractivity contribution < 1.29 is 0 Å². The highest BCUT2D eigenvalue weighted by Crippen LogP contribution is 2.66.